The molecule has 3 heterocycles. The SMILES string of the molecule is COc1cccc2c(C(=O)NCC3CCN(C)CC3)nn(CCN3CCOCC3)c12. The molecular formula is C22H33N5O3. The highest BCUT2D eigenvalue weighted by Gasteiger charge is 2.22. The van der Waals surface area contributed by atoms with Gasteiger partial charge in [-0.1, -0.05) is 12.1 Å². The van der Waals surface area contributed by atoms with Crippen LogP contribution in [-0.2, 0) is 11.3 Å². The van der Waals surface area contributed by atoms with Crippen molar-refractivity contribution < 1.29 is 14.3 Å². The summed E-state index contributed by atoms with van der Waals surface area (Å²) in [5.74, 6) is 1.18. The number of piperidine rings is 1. The number of likely N-dealkylation sites (tertiary alicyclic amines) is 1. The average Bonchev–Trinajstić information content (AvgIpc) is 3.17. The Bertz CT molecular complexity index is 854. The maximum absolute atomic E-state index is 13.0. The molecule has 0 radical (unpaired) electrons. The van der Waals surface area contributed by atoms with Crippen molar-refractivity contribution in [3.8, 4) is 5.75 Å². The number of fused-ring (bicyclic) bond motifs is 1. The van der Waals surface area contributed by atoms with Crippen LogP contribution in [0.15, 0.2) is 18.2 Å². The van der Waals surface area contributed by atoms with Crippen molar-refractivity contribution in [3.63, 3.8) is 0 Å². The molecular weight excluding hydrogens is 382 g/mol. The van der Waals surface area contributed by atoms with Gasteiger partial charge in [-0.3, -0.25) is 14.4 Å². The molecule has 30 heavy (non-hydrogen) atoms. The Morgan fingerprint density at radius 3 is 2.70 bits per heavy atom. The minimum atomic E-state index is -0.0997. The van der Waals surface area contributed by atoms with E-state index in [9.17, 15) is 4.79 Å². The van der Waals surface area contributed by atoms with E-state index in [0.717, 1.165) is 75.4 Å². The van der Waals surface area contributed by atoms with Crippen LogP contribution < -0.4 is 10.1 Å². The molecule has 0 aliphatic carbocycles. The summed E-state index contributed by atoms with van der Waals surface area (Å²) in [6.45, 7) is 7.88. The van der Waals surface area contributed by atoms with Crippen LogP contribution in [-0.4, -0.2) is 92.1 Å². The van der Waals surface area contributed by atoms with Crippen LogP contribution in [0.2, 0.25) is 0 Å². The van der Waals surface area contributed by atoms with Crippen LogP contribution in [0.1, 0.15) is 23.3 Å². The number of carbonyl (C=O) groups excluding carboxylic acids is 1. The second-order valence-electron chi connectivity index (χ2n) is 8.34. The molecule has 8 nitrogen and oxygen atoms in total. The summed E-state index contributed by atoms with van der Waals surface area (Å²) in [4.78, 5) is 17.7. The van der Waals surface area contributed by atoms with Crippen molar-refractivity contribution in [1.29, 1.82) is 0 Å². The van der Waals surface area contributed by atoms with E-state index in [-0.39, 0.29) is 5.91 Å². The highest BCUT2D eigenvalue weighted by Crippen LogP contribution is 2.28. The van der Waals surface area contributed by atoms with Gasteiger partial charge >= 0.3 is 0 Å². The van der Waals surface area contributed by atoms with Gasteiger partial charge in [-0.05, 0) is 45.0 Å². The number of para-hydroxylation sites is 1. The largest absolute Gasteiger partial charge is 0.494 e. The van der Waals surface area contributed by atoms with Crippen molar-refractivity contribution in [1.82, 2.24) is 24.9 Å². The lowest BCUT2D eigenvalue weighted by molar-refractivity contribution is 0.0361. The van der Waals surface area contributed by atoms with Crippen molar-refractivity contribution in [2.45, 2.75) is 19.4 Å². The summed E-state index contributed by atoms with van der Waals surface area (Å²) < 4.78 is 12.9. The molecule has 164 valence electrons. The third-order valence-corrected chi connectivity index (χ3v) is 6.29. The molecule has 2 aliphatic heterocycles. The fourth-order valence-corrected chi connectivity index (χ4v) is 4.35. The van der Waals surface area contributed by atoms with Gasteiger partial charge in [0.05, 0.1) is 26.9 Å². The minimum absolute atomic E-state index is 0.0997. The maximum atomic E-state index is 13.0. The minimum Gasteiger partial charge on any atom is -0.494 e. The zero-order chi connectivity index (χ0) is 20.9. The third-order valence-electron chi connectivity index (χ3n) is 6.29. The van der Waals surface area contributed by atoms with Gasteiger partial charge in [-0.2, -0.15) is 5.10 Å². The van der Waals surface area contributed by atoms with E-state index in [0.29, 0.717) is 24.7 Å². The Hall–Kier alpha value is -2.16. The van der Waals surface area contributed by atoms with Gasteiger partial charge in [0.2, 0.25) is 0 Å². The van der Waals surface area contributed by atoms with Gasteiger partial charge in [0, 0.05) is 31.6 Å². The predicted molar refractivity (Wildman–Crippen MR) is 116 cm³/mol. The molecule has 0 unspecified atom stereocenters. The second kappa shape index (κ2) is 9.76. The number of amides is 1. The van der Waals surface area contributed by atoms with Crippen molar-refractivity contribution in [2.24, 2.45) is 5.92 Å². The van der Waals surface area contributed by atoms with Gasteiger partial charge in [-0.15, -0.1) is 0 Å². The fourth-order valence-electron chi connectivity index (χ4n) is 4.35. The summed E-state index contributed by atoms with van der Waals surface area (Å²) in [6, 6.07) is 5.80. The molecule has 2 aromatic rings. The third kappa shape index (κ3) is 4.77. The average molecular weight is 416 g/mol. The molecule has 2 fully saturated rings. The fraction of sp³-hybridized carbons (Fsp3) is 0.636. The molecule has 2 saturated heterocycles. The summed E-state index contributed by atoms with van der Waals surface area (Å²) in [5.41, 5.74) is 1.37. The molecule has 4 rings (SSSR count). The number of aromatic nitrogens is 2. The molecule has 8 heteroatoms. The van der Waals surface area contributed by atoms with Crippen molar-refractivity contribution in [3.05, 3.63) is 23.9 Å². The normalized spacial score (nSPS) is 19.3. The van der Waals surface area contributed by atoms with Gasteiger partial charge in [0.1, 0.15) is 11.3 Å². The summed E-state index contributed by atoms with van der Waals surface area (Å²) in [5, 5.41) is 8.69. The van der Waals surface area contributed by atoms with Crippen LogP contribution in [0.3, 0.4) is 0 Å². The van der Waals surface area contributed by atoms with Crippen LogP contribution in [0.4, 0.5) is 0 Å². The Morgan fingerprint density at radius 2 is 1.97 bits per heavy atom. The Balaban J connectivity index is 1.49. The maximum Gasteiger partial charge on any atom is 0.272 e. The van der Waals surface area contributed by atoms with E-state index in [1.807, 2.05) is 22.9 Å². The van der Waals surface area contributed by atoms with Crippen molar-refractivity contribution >= 4 is 16.8 Å². The lowest BCUT2D eigenvalue weighted by atomic mass is 9.97. The monoisotopic (exact) mass is 415 g/mol. The van der Waals surface area contributed by atoms with Gasteiger partial charge in [0.15, 0.2) is 5.69 Å². The number of nitrogens with zero attached hydrogens (tertiary/aromatic N) is 4. The van der Waals surface area contributed by atoms with Crippen molar-refractivity contribution in [2.75, 3.05) is 66.6 Å². The molecule has 0 atom stereocenters. The van der Waals surface area contributed by atoms with E-state index >= 15 is 0 Å². The quantitative estimate of drug-likeness (QED) is 0.738. The second-order valence-corrected chi connectivity index (χ2v) is 8.34. The molecule has 1 aromatic heterocycles. The molecule has 0 spiro atoms. The summed E-state index contributed by atoms with van der Waals surface area (Å²) >= 11 is 0. The van der Waals surface area contributed by atoms with Gasteiger partial charge in [0.25, 0.3) is 5.91 Å². The Morgan fingerprint density at radius 1 is 1.20 bits per heavy atom. The highest BCUT2D eigenvalue weighted by atomic mass is 16.5. The number of methoxy groups -OCH3 is 1. The number of morpholine rings is 1. The van der Waals surface area contributed by atoms with Gasteiger partial charge < -0.3 is 19.7 Å². The first kappa shape index (κ1) is 21.1. The number of rotatable bonds is 7. The summed E-state index contributed by atoms with van der Waals surface area (Å²) in [7, 11) is 3.81. The molecule has 1 aromatic carbocycles. The Labute approximate surface area is 178 Å². The number of hydrogen-bond acceptors (Lipinski definition) is 6. The lowest BCUT2D eigenvalue weighted by Gasteiger charge is -2.28. The van der Waals surface area contributed by atoms with Crippen LogP contribution >= 0.6 is 0 Å². The van der Waals surface area contributed by atoms with E-state index in [4.69, 9.17) is 14.6 Å². The zero-order valence-corrected chi connectivity index (χ0v) is 18.1. The first-order valence-corrected chi connectivity index (χ1v) is 11.0. The summed E-state index contributed by atoms with van der Waals surface area (Å²) in [6.07, 6.45) is 2.25. The Kier molecular flexibility index (Phi) is 6.86. The standard InChI is InChI=1S/C22H33N5O3/c1-25-8-6-17(7-9-25)16-23-22(28)20-18-4-3-5-19(29-2)21(18)27(24-20)11-10-26-12-14-30-15-13-26/h3-5,17H,6-16H2,1-2H3,(H,23,28). The highest BCUT2D eigenvalue weighted by molar-refractivity contribution is 6.06. The van der Waals surface area contributed by atoms with Gasteiger partial charge in [-0.25, -0.2) is 0 Å². The van der Waals surface area contributed by atoms with Crippen LogP contribution in [0.5, 0.6) is 5.75 Å². The van der Waals surface area contributed by atoms with E-state index in [2.05, 4.69) is 22.2 Å². The zero-order valence-electron chi connectivity index (χ0n) is 18.1. The predicted octanol–water partition coefficient (Wildman–Crippen LogP) is 1.45. The number of benzene rings is 1. The molecule has 2 aliphatic rings. The first-order valence-electron chi connectivity index (χ1n) is 11.0. The van der Waals surface area contributed by atoms with Crippen LogP contribution in [0, 0.1) is 5.92 Å². The van der Waals surface area contributed by atoms with Crippen LogP contribution in [0.25, 0.3) is 10.9 Å². The number of ether oxygens (including phenoxy) is 2. The number of nitrogens with one attached hydrogen (secondary N) is 1. The van der Waals surface area contributed by atoms with E-state index in [1.165, 1.54) is 0 Å². The molecule has 0 saturated carbocycles. The topological polar surface area (TPSA) is 71.9 Å². The first-order chi connectivity index (χ1) is 14.7. The van der Waals surface area contributed by atoms with E-state index < -0.39 is 0 Å². The molecule has 1 amide bonds. The number of hydrogen-bond donors (Lipinski definition) is 1. The lowest BCUT2D eigenvalue weighted by Crippen LogP contribution is -2.38. The number of carbonyl (C=O) groups is 1. The smallest absolute Gasteiger partial charge is 0.272 e. The van der Waals surface area contributed by atoms with E-state index in [1.54, 1.807) is 7.11 Å². The molecule has 0 bridgehead atoms. The molecule has 1 N–H and O–H groups in total.